The van der Waals surface area contributed by atoms with Gasteiger partial charge in [0.1, 0.15) is 0 Å². The van der Waals surface area contributed by atoms with E-state index in [1.165, 1.54) is 0 Å². The number of rotatable bonds is 6. The van der Waals surface area contributed by atoms with Crippen molar-refractivity contribution in [2.75, 3.05) is 20.4 Å². The number of hydrogen-bond acceptors (Lipinski definition) is 4. The van der Waals surface area contributed by atoms with Crippen LogP contribution >= 0.6 is 0 Å². The number of nitrogens with one attached hydrogen (secondary N) is 1. The van der Waals surface area contributed by atoms with E-state index in [4.69, 9.17) is 10.6 Å². The fourth-order valence-corrected chi connectivity index (χ4v) is 0.620. The lowest BCUT2D eigenvalue weighted by molar-refractivity contribution is -0.0621. The van der Waals surface area contributed by atoms with Crippen LogP contribution in [0.4, 0.5) is 0 Å². The molecule has 0 aromatic carbocycles. The van der Waals surface area contributed by atoms with E-state index in [-0.39, 0.29) is 12.7 Å². The Bertz CT molecular complexity index is 117. The molecule has 3 N–H and O–H groups in total. The van der Waals surface area contributed by atoms with Crippen LogP contribution in [0.5, 0.6) is 0 Å². The van der Waals surface area contributed by atoms with Gasteiger partial charge in [0.25, 0.3) is 0 Å². The highest BCUT2D eigenvalue weighted by Crippen LogP contribution is 2.03. The molecule has 0 fully saturated rings. The third kappa shape index (κ3) is 4.78. The van der Waals surface area contributed by atoms with E-state index in [0.29, 0.717) is 6.61 Å². The van der Waals surface area contributed by atoms with Crippen LogP contribution in [0.3, 0.4) is 0 Å². The first-order valence-electron chi connectivity index (χ1n) is 3.48. The maximum atomic E-state index is 5.02. The van der Waals surface area contributed by atoms with E-state index in [0.717, 1.165) is 5.70 Å². The first-order chi connectivity index (χ1) is 5.22. The Labute approximate surface area is 67.3 Å². The van der Waals surface area contributed by atoms with Crippen LogP contribution in [-0.2, 0) is 9.57 Å². The van der Waals surface area contributed by atoms with Crippen LogP contribution in [0.2, 0.25) is 0 Å². The van der Waals surface area contributed by atoms with Gasteiger partial charge in [-0.15, -0.1) is 0 Å². The van der Waals surface area contributed by atoms with Crippen LogP contribution in [0.25, 0.3) is 0 Å². The smallest absolute Gasteiger partial charge is 0.166 e. The van der Waals surface area contributed by atoms with E-state index in [1.807, 2.05) is 14.0 Å². The second-order valence-electron chi connectivity index (χ2n) is 2.33. The zero-order valence-electron chi connectivity index (χ0n) is 7.09. The van der Waals surface area contributed by atoms with E-state index < -0.39 is 0 Å². The minimum absolute atomic E-state index is 0.126. The van der Waals surface area contributed by atoms with Crippen LogP contribution < -0.4 is 11.2 Å². The summed E-state index contributed by atoms with van der Waals surface area (Å²) in [6.45, 7) is 6.49. The molecular weight excluding hydrogens is 144 g/mol. The normalized spacial score (nSPS) is 12.6. The standard InChI is InChI=1S/C7H16N2O2/c1-6(7(2)9-3)4-10-5-11-8/h6,9H,2,4-5,8H2,1,3H3. The summed E-state index contributed by atoms with van der Waals surface area (Å²) < 4.78 is 5.02. The molecule has 0 aliphatic carbocycles. The Kier molecular flexibility index (Phi) is 5.83. The summed E-state index contributed by atoms with van der Waals surface area (Å²) in [5.41, 5.74) is 0.946. The van der Waals surface area contributed by atoms with Gasteiger partial charge in [-0.1, -0.05) is 13.5 Å². The molecule has 0 aromatic heterocycles. The second-order valence-corrected chi connectivity index (χ2v) is 2.33. The van der Waals surface area contributed by atoms with Crippen molar-refractivity contribution in [2.45, 2.75) is 6.92 Å². The fraction of sp³-hybridized carbons (Fsp3) is 0.714. The summed E-state index contributed by atoms with van der Waals surface area (Å²) >= 11 is 0. The quantitative estimate of drug-likeness (QED) is 0.331. The molecule has 0 aliphatic heterocycles. The van der Waals surface area contributed by atoms with Gasteiger partial charge in [-0.2, -0.15) is 0 Å². The summed E-state index contributed by atoms with van der Waals surface area (Å²) in [5.74, 6) is 5.03. The summed E-state index contributed by atoms with van der Waals surface area (Å²) in [6.07, 6.45) is 0. The number of nitrogens with two attached hydrogens (primary N) is 1. The molecule has 0 spiro atoms. The van der Waals surface area contributed by atoms with Gasteiger partial charge in [-0.05, 0) is 0 Å². The maximum absolute atomic E-state index is 5.02. The van der Waals surface area contributed by atoms with Gasteiger partial charge >= 0.3 is 0 Å². The highest BCUT2D eigenvalue weighted by Gasteiger charge is 2.03. The molecule has 0 heterocycles. The van der Waals surface area contributed by atoms with Crippen LogP contribution in [0, 0.1) is 5.92 Å². The summed E-state index contributed by atoms with van der Waals surface area (Å²) in [4.78, 5) is 4.23. The van der Waals surface area contributed by atoms with Crippen LogP contribution in [0.15, 0.2) is 12.3 Å². The molecule has 0 amide bonds. The molecule has 11 heavy (non-hydrogen) atoms. The average molecular weight is 160 g/mol. The van der Waals surface area contributed by atoms with Crippen molar-refractivity contribution in [3.05, 3.63) is 12.3 Å². The molecule has 0 aliphatic rings. The van der Waals surface area contributed by atoms with Gasteiger partial charge in [-0.25, -0.2) is 5.90 Å². The van der Waals surface area contributed by atoms with Gasteiger partial charge in [-0.3, -0.25) is 4.84 Å². The molecule has 0 radical (unpaired) electrons. The van der Waals surface area contributed by atoms with Crippen molar-refractivity contribution < 1.29 is 9.57 Å². The van der Waals surface area contributed by atoms with E-state index in [2.05, 4.69) is 16.7 Å². The first-order valence-corrected chi connectivity index (χ1v) is 3.48. The number of hydrogen-bond donors (Lipinski definition) is 2. The Morgan fingerprint density at radius 2 is 2.36 bits per heavy atom. The number of ether oxygens (including phenoxy) is 1. The minimum atomic E-state index is 0.126. The van der Waals surface area contributed by atoms with Crippen molar-refractivity contribution in [2.24, 2.45) is 11.8 Å². The summed E-state index contributed by atoms with van der Waals surface area (Å²) in [7, 11) is 1.83. The largest absolute Gasteiger partial charge is 0.392 e. The van der Waals surface area contributed by atoms with Crippen LogP contribution in [0.1, 0.15) is 6.92 Å². The highest BCUT2D eigenvalue weighted by molar-refractivity contribution is 4.94. The molecule has 4 nitrogen and oxygen atoms in total. The lowest BCUT2D eigenvalue weighted by Crippen LogP contribution is -2.18. The van der Waals surface area contributed by atoms with E-state index >= 15 is 0 Å². The monoisotopic (exact) mass is 160 g/mol. The summed E-state index contributed by atoms with van der Waals surface area (Å²) in [5, 5.41) is 2.95. The lowest BCUT2D eigenvalue weighted by atomic mass is 10.1. The molecule has 1 atom stereocenters. The third-order valence-electron chi connectivity index (χ3n) is 1.44. The molecule has 4 heteroatoms. The van der Waals surface area contributed by atoms with Gasteiger partial charge in [0, 0.05) is 18.7 Å². The van der Waals surface area contributed by atoms with Crippen molar-refractivity contribution in [3.63, 3.8) is 0 Å². The first kappa shape index (κ1) is 10.4. The molecular formula is C7H16N2O2. The minimum Gasteiger partial charge on any atom is -0.392 e. The summed E-state index contributed by atoms with van der Waals surface area (Å²) in [6, 6.07) is 0. The van der Waals surface area contributed by atoms with Gasteiger partial charge in [0.05, 0.1) is 6.61 Å². The van der Waals surface area contributed by atoms with Gasteiger partial charge < -0.3 is 10.1 Å². The molecule has 0 aromatic rings. The zero-order valence-corrected chi connectivity index (χ0v) is 7.09. The molecule has 0 saturated carbocycles. The average Bonchev–Trinajstić information content (AvgIpc) is 2.03. The predicted molar refractivity (Wildman–Crippen MR) is 43.5 cm³/mol. The molecule has 1 unspecified atom stereocenters. The van der Waals surface area contributed by atoms with Gasteiger partial charge in [0.15, 0.2) is 6.79 Å². The van der Waals surface area contributed by atoms with E-state index in [9.17, 15) is 0 Å². The van der Waals surface area contributed by atoms with Crippen molar-refractivity contribution >= 4 is 0 Å². The Morgan fingerprint density at radius 1 is 1.73 bits per heavy atom. The van der Waals surface area contributed by atoms with E-state index in [1.54, 1.807) is 0 Å². The molecule has 0 rings (SSSR count). The SMILES string of the molecule is C=C(NC)C(C)COCON. The molecule has 0 bridgehead atoms. The molecule has 0 saturated heterocycles. The second kappa shape index (κ2) is 6.15. The predicted octanol–water partition coefficient (Wildman–Crippen LogP) is 0.220. The Morgan fingerprint density at radius 3 is 2.82 bits per heavy atom. The lowest BCUT2D eigenvalue weighted by Gasteiger charge is -2.13. The zero-order chi connectivity index (χ0) is 8.69. The van der Waals surface area contributed by atoms with Gasteiger partial charge in [0.2, 0.25) is 0 Å². The highest BCUT2D eigenvalue weighted by atomic mass is 16.7. The van der Waals surface area contributed by atoms with Crippen molar-refractivity contribution in [3.8, 4) is 0 Å². The van der Waals surface area contributed by atoms with Crippen LogP contribution in [-0.4, -0.2) is 20.4 Å². The topological polar surface area (TPSA) is 56.5 Å². The Hall–Kier alpha value is -0.580. The fourth-order valence-electron chi connectivity index (χ4n) is 0.620. The van der Waals surface area contributed by atoms with Crippen molar-refractivity contribution in [1.29, 1.82) is 0 Å². The third-order valence-corrected chi connectivity index (χ3v) is 1.44. The maximum Gasteiger partial charge on any atom is 0.166 e. The Balaban J connectivity index is 3.36. The molecule has 66 valence electrons. The van der Waals surface area contributed by atoms with Crippen molar-refractivity contribution in [1.82, 2.24) is 5.32 Å².